The van der Waals surface area contributed by atoms with E-state index in [0.29, 0.717) is 13.0 Å². The summed E-state index contributed by atoms with van der Waals surface area (Å²) in [5, 5.41) is 20.0. The molecule has 1 unspecified atom stereocenters. The highest BCUT2D eigenvalue weighted by atomic mass is 16.6. The molecule has 0 saturated heterocycles. The van der Waals surface area contributed by atoms with E-state index in [4.69, 9.17) is 4.74 Å². The van der Waals surface area contributed by atoms with E-state index in [1.54, 1.807) is 19.1 Å². The van der Waals surface area contributed by atoms with Crippen LogP contribution in [0, 0.1) is 10.1 Å². The molecule has 0 spiro atoms. The van der Waals surface area contributed by atoms with Crippen LogP contribution >= 0.6 is 0 Å². The van der Waals surface area contributed by atoms with Gasteiger partial charge in [0.15, 0.2) is 0 Å². The highest BCUT2D eigenvalue weighted by Gasteiger charge is 2.04. The van der Waals surface area contributed by atoms with Crippen LogP contribution in [0.1, 0.15) is 24.2 Å². The molecule has 110 valence electrons. The van der Waals surface area contributed by atoms with E-state index in [9.17, 15) is 15.2 Å². The number of hydrogen-bond acceptors (Lipinski definition) is 4. The molecule has 0 bridgehead atoms. The molecule has 0 aliphatic heterocycles. The summed E-state index contributed by atoms with van der Waals surface area (Å²) in [6.07, 6.45) is 0.190. The minimum absolute atomic E-state index is 0.0911. The number of aliphatic hydroxyl groups excluding tert-OH is 1. The highest BCUT2D eigenvalue weighted by molar-refractivity contribution is 5.33. The summed E-state index contributed by atoms with van der Waals surface area (Å²) >= 11 is 0. The quantitative estimate of drug-likeness (QED) is 0.653. The molecule has 0 fully saturated rings. The predicted molar refractivity (Wildman–Crippen MR) is 79.4 cm³/mol. The second-order valence-corrected chi connectivity index (χ2v) is 4.77. The van der Waals surface area contributed by atoms with Gasteiger partial charge in [-0.05, 0) is 30.2 Å². The Morgan fingerprint density at radius 3 is 2.29 bits per heavy atom. The normalized spacial score (nSPS) is 11.9. The van der Waals surface area contributed by atoms with Gasteiger partial charge in [0.2, 0.25) is 0 Å². The minimum Gasteiger partial charge on any atom is -0.493 e. The Morgan fingerprint density at radius 1 is 1.14 bits per heavy atom. The van der Waals surface area contributed by atoms with Crippen LogP contribution in [-0.2, 0) is 6.42 Å². The third-order valence-corrected chi connectivity index (χ3v) is 3.17. The largest absolute Gasteiger partial charge is 0.493 e. The predicted octanol–water partition coefficient (Wildman–Crippen LogP) is 3.27. The Labute approximate surface area is 123 Å². The first-order chi connectivity index (χ1) is 10.1. The summed E-state index contributed by atoms with van der Waals surface area (Å²) in [4.78, 5) is 10.1. The van der Waals surface area contributed by atoms with Crippen LogP contribution in [0.15, 0.2) is 48.5 Å². The van der Waals surface area contributed by atoms with Crippen molar-refractivity contribution in [3.8, 4) is 5.75 Å². The van der Waals surface area contributed by atoms with Gasteiger partial charge in [0, 0.05) is 18.6 Å². The Balaban J connectivity index is 1.85. The number of hydrogen-bond donors (Lipinski definition) is 1. The van der Waals surface area contributed by atoms with Crippen molar-refractivity contribution in [1.82, 2.24) is 0 Å². The van der Waals surface area contributed by atoms with Crippen molar-refractivity contribution in [3.63, 3.8) is 0 Å². The zero-order chi connectivity index (χ0) is 15.2. The van der Waals surface area contributed by atoms with Gasteiger partial charge in [-0.15, -0.1) is 0 Å². The lowest BCUT2D eigenvalue weighted by Gasteiger charge is -2.08. The topological polar surface area (TPSA) is 72.6 Å². The molecule has 2 aromatic rings. The summed E-state index contributed by atoms with van der Waals surface area (Å²) in [5.74, 6) is 0.737. The Bertz CT molecular complexity index is 591. The molecule has 0 aromatic heterocycles. The zero-order valence-corrected chi connectivity index (χ0v) is 11.7. The third-order valence-electron chi connectivity index (χ3n) is 3.17. The minimum atomic E-state index is -0.487. The fourth-order valence-electron chi connectivity index (χ4n) is 1.91. The van der Waals surface area contributed by atoms with Crippen molar-refractivity contribution < 1.29 is 14.8 Å². The van der Waals surface area contributed by atoms with Crippen molar-refractivity contribution in [2.24, 2.45) is 0 Å². The van der Waals surface area contributed by atoms with Gasteiger partial charge < -0.3 is 9.84 Å². The number of nitrogens with zero attached hydrogens (tertiary/aromatic N) is 1. The van der Waals surface area contributed by atoms with E-state index >= 15 is 0 Å². The van der Waals surface area contributed by atoms with E-state index in [2.05, 4.69) is 0 Å². The molecule has 0 saturated carbocycles. The van der Waals surface area contributed by atoms with Crippen LogP contribution in [0.3, 0.4) is 0 Å². The maximum Gasteiger partial charge on any atom is 0.269 e. The number of ether oxygens (including phenoxy) is 1. The van der Waals surface area contributed by atoms with Gasteiger partial charge in [-0.2, -0.15) is 0 Å². The van der Waals surface area contributed by atoms with Gasteiger partial charge in [0.1, 0.15) is 5.75 Å². The number of nitro benzene ring substituents is 1. The summed E-state index contributed by atoms with van der Waals surface area (Å²) in [5.41, 5.74) is 1.92. The second kappa shape index (κ2) is 6.85. The third kappa shape index (κ3) is 4.29. The first-order valence-electron chi connectivity index (χ1n) is 6.70. The SMILES string of the molecule is CC(O)c1ccc(OCCc2ccc([N+](=O)[O-])cc2)cc1. The van der Waals surface area contributed by atoms with Crippen molar-refractivity contribution in [2.75, 3.05) is 6.61 Å². The van der Waals surface area contributed by atoms with Gasteiger partial charge >= 0.3 is 0 Å². The molecule has 5 heteroatoms. The lowest BCUT2D eigenvalue weighted by Crippen LogP contribution is -2.01. The molecule has 2 aromatic carbocycles. The second-order valence-electron chi connectivity index (χ2n) is 4.77. The summed E-state index contributed by atoms with van der Waals surface area (Å²) in [6.45, 7) is 2.20. The molecule has 0 aliphatic rings. The van der Waals surface area contributed by atoms with Crippen LogP contribution in [0.25, 0.3) is 0 Å². The van der Waals surface area contributed by atoms with Crippen LogP contribution in [0.5, 0.6) is 5.75 Å². The summed E-state index contributed by atoms with van der Waals surface area (Å²) in [7, 11) is 0. The monoisotopic (exact) mass is 287 g/mol. The average Bonchev–Trinajstić information content (AvgIpc) is 2.48. The first kappa shape index (κ1) is 15.0. The van der Waals surface area contributed by atoms with Crippen LogP contribution in [-0.4, -0.2) is 16.6 Å². The van der Waals surface area contributed by atoms with Gasteiger partial charge in [0.05, 0.1) is 17.6 Å². The lowest BCUT2D eigenvalue weighted by molar-refractivity contribution is -0.384. The number of aliphatic hydroxyl groups is 1. The molecule has 0 radical (unpaired) electrons. The van der Waals surface area contributed by atoms with E-state index in [-0.39, 0.29) is 5.69 Å². The smallest absolute Gasteiger partial charge is 0.269 e. The van der Waals surface area contributed by atoms with Crippen LogP contribution in [0.2, 0.25) is 0 Å². The molecule has 5 nitrogen and oxygen atoms in total. The lowest BCUT2D eigenvalue weighted by atomic mass is 10.1. The molecule has 1 atom stereocenters. The molecule has 21 heavy (non-hydrogen) atoms. The van der Waals surface area contributed by atoms with Crippen LogP contribution < -0.4 is 4.74 Å². The summed E-state index contributed by atoms with van der Waals surface area (Å²) in [6, 6.07) is 13.7. The van der Waals surface area contributed by atoms with E-state index in [1.165, 1.54) is 12.1 Å². The van der Waals surface area contributed by atoms with Gasteiger partial charge in [-0.1, -0.05) is 24.3 Å². The van der Waals surface area contributed by atoms with E-state index in [0.717, 1.165) is 16.9 Å². The van der Waals surface area contributed by atoms with Crippen molar-refractivity contribution >= 4 is 5.69 Å². The molecule has 0 amide bonds. The Hall–Kier alpha value is -2.40. The van der Waals surface area contributed by atoms with Crippen molar-refractivity contribution in [2.45, 2.75) is 19.4 Å². The van der Waals surface area contributed by atoms with Crippen molar-refractivity contribution in [3.05, 3.63) is 69.8 Å². The Morgan fingerprint density at radius 2 is 1.76 bits per heavy atom. The first-order valence-corrected chi connectivity index (χ1v) is 6.70. The van der Waals surface area contributed by atoms with Crippen LogP contribution in [0.4, 0.5) is 5.69 Å². The number of benzene rings is 2. The Kier molecular flexibility index (Phi) is 4.90. The standard InChI is InChI=1S/C16H17NO4/c1-12(18)14-4-8-16(9-5-14)21-11-10-13-2-6-15(7-3-13)17(19)20/h2-9,12,18H,10-11H2,1H3. The molecule has 0 aliphatic carbocycles. The molecular formula is C16H17NO4. The van der Waals surface area contributed by atoms with Gasteiger partial charge in [-0.3, -0.25) is 10.1 Å². The van der Waals surface area contributed by atoms with E-state index in [1.807, 2.05) is 24.3 Å². The zero-order valence-electron chi connectivity index (χ0n) is 11.7. The molecule has 2 rings (SSSR count). The fourth-order valence-corrected chi connectivity index (χ4v) is 1.91. The van der Waals surface area contributed by atoms with Gasteiger partial charge in [0.25, 0.3) is 5.69 Å². The van der Waals surface area contributed by atoms with Crippen molar-refractivity contribution in [1.29, 1.82) is 0 Å². The highest BCUT2D eigenvalue weighted by Crippen LogP contribution is 2.18. The molecule has 1 N–H and O–H groups in total. The maximum absolute atomic E-state index is 10.5. The number of non-ortho nitro benzene ring substituents is 1. The maximum atomic E-state index is 10.5. The number of nitro groups is 1. The molecular weight excluding hydrogens is 270 g/mol. The summed E-state index contributed by atoms with van der Waals surface area (Å²) < 4.78 is 5.61. The van der Waals surface area contributed by atoms with Gasteiger partial charge in [-0.25, -0.2) is 0 Å². The average molecular weight is 287 g/mol. The molecule has 0 heterocycles. The number of rotatable bonds is 6. The van der Waals surface area contributed by atoms with E-state index < -0.39 is 11.0 Å². The fraction of sp³-hybridized carbons (Fsp3) is 0.250.